The fraction of sp³-hybridized carbons (Fsp3) is 0.273. The molecular weight excluding hydrogens is 305 g/mol. The highest BCUT2D eigenvalue weighted by molar-refractivity contribution is 14.0. The van der Waals surface area contributed by atoms with Gasteiger partial charge in [-0.2, -0.15) is 0 Å². The Kier molecular flexibility index (Phi) is 3.84. The molecule has 0 saturated heterocycles. The first-order chi connectivity index (χ1) is 6.74. The van der Waals surface area contributed by atoms with E-state index in [9.17, 15) is 9.59 Å². The number of rotatable bonds is 2. The molecule has 1 aliphatic rings. The summed E-state index contributed by atoms with van der Waals surface area (Å²) in [6.07, 6.45) is 1.81. The minimum absolute atomic E-state index is 0. The Hall–Kier alpha value is -0.910. The number of aryl methyl sites for hydroxylation is 1. The maximum atomic E-state index is 11.5. The fourth-order valence-electron chi connectivity index (χ4n) is 1.74. The summed E-state index contributed by atoms with van der Waals surface area (Å²) in [4.78, 5) is 22.6. The van der Waals surface area contributed by atoms with Crippen molar-refractivity contribution in [1.82, 2.24) is 0 Å². The van der Waals surface area contributed by atoms with E-state index in [0.717, 1.165) is 18.4 Å². The lowest BCUT2D eigenvalue weighted by Crippen LogP contribution is -2.13. The summed E-state index contributed by atoms with van der Waals surface area (Å²) in [5.41, 5.74) is 2.19. The van der Waals surface area contributed by atoms with Crippen molar-refractivity contribution in [2.24, 2.45) is 0 Å². The maximum absolute atomic E-state index is 11.5. The largest absolute Gasteiger partial charge is 0.318 e. The van der Waals surface area contributed by atoms with Crippen LogP contribution in [0.1, 0.15) is 29.3 Å². The van der Waals surface area contributed by atoms with Crippen LogP contribution in [-0.4, -0.2) is 11.7 Å². The van der Waals surface area contributed by atoms with Gasteiger partial charge in [0.25, 0.3) is 11.7 Å². The fourth-order valence-corrected chi connectivity index (χ4v) is 1.74. The summed E-state index contributed by atoms with van der Waals surface area (Å²) in [5.74, 6) is -0.910. The third-order valence-corrected chi connectivity index (χ3v) is 2.35. The van der Waals surface area contributed by atoms with Crippen LogP contribution in [-0.2, 0) is 11.2 Å². The second kappa shape index (κ2) is 4.74. The van der Waals surface area contributed by atoms with Crippen molar-refractivity contribution in [2.45, 2.75) is 19.8 Å². The number of hydrogen-bond acceptors (Lipinski definition) is 2. The van der Waals surface area contributed by atoms with Crippen LogP contribution in [0.5, 0.6) is 0 Å². The molecule has 1 aromatic rings. The molecule has 1 heterocycles. The molecule has 0 bridgehead atoms. The Labute approximate surface area is 105 Å². The first-order valence-corrected chi connectivity index (χ1v) is 4.71. The van der Waals surface area contributed by atoms with Gasteiger partial charge in [-0.25, -0.2) is 0 Å². The van der Waals surface area contributed by atoms with Crippen molar-refractivity contribution in [2.75, 3.05) is 5.32 Å². The van der Waals surface area contributed by atoms with Crippen LogP contribution >= 0.6 is 24.0 Å². The Morgan fingerprint density at radius 2 is 2.00 bits per heavy atom. The molecule has 2 rings (SSSR count). The third-order valence-electron chi connectivity index (χ3n) is 2.35. The molecule has 0 fully saturated rings. The van der Waals surface area contributed by atoms with Gasteiger partial charge in [-0.15, -0.1) is 24.0 Å². The van der Waals surface area contributed by atoms with Crippen LogP contribution in [0, 0.1) is 0 Å². The number of carbonyl (C=O) groups is 2. The van der Waals surface area contributed by atoms with Crippen LogP contribution in [0.15, 0.2) is 18.2 Å². The lowest BCUT2D eigenvalue weighted by Gasteiger charge is -2.03. The number of fused-ring (bicyclic) bond motifs is 1. The van der Waals surface area contributed by atoms with Crippen molar-refractivity contribution in [3.05, 3.63) is 29.3 Å². The first-order valence-electron chi connectivity index (χ1n) is 4.71. The Morgan fingerprint density at radius 3 is 2.67 bits per heavy atom. The van der Waals surface area contributed by atoms with E-state index in [0.29, 0.717) is 11.3 Å². The highest BCUT2D eigenvalue weighted by atomic mass is 127. The van der Waals surface area contributed by atoms with E-state index >= 15 is 0 Å². The summed E-state index contributed by atoms with van der Waals surface area (Å²) in [6, 6.07) is 5.53. The zero-order valence-electron chi connectivity index (χ0n) is 8.37. The quantitative estimate of drug-likeness (QED) is 0.672. The summed E-state index contributed by atoms with van der Waals surface area (Å²) in [6.45, 7) is 2.05. The van der Waals surface area contributed by atoms with Crippen molar-refractivity contribution >= 4 is 41.4 Å². The predicted octanol–water partition coefficient (Wildman–Crippen LogP) is 2.39. The summed E-state index contributed by atoms with van der Waals surface area (Å²) in [5, 5.41) is 2.56. The molecule has 0 aromatic heterocycles. The van der Waals surface area contributed by atoms with Crippen molar-refractivity contribution in [1.29, 1.82) is 0 Å². The van der Waals surface area contributed by atoms with Crippen molar-refractivity contribution in [3.8, 4) is 0 Å². The average molecular weight is 317 g/mol. The van der Waals surface area contributed by atoms with Gasteiger partial charge in [-0.3, -0.25) is 9.59 Å². The average Bonchev–Trinajstić information content (AvgIpc) is 2.45. The molecule has 0 saturated carbocycles. The van der Waals surface area contributed by atoms with Crippen LogP contribution < -0.4 is 5.32 Å². The number of ketones is 1. The lowest BCUT2D eigenvalue weighted by molar-refractivity contribution is -0.112. The van der Waals surface area contributed by atoms with Gasteiger partial charge < -0.3 is 5.32 Å². The number of hydrogen-bond donors (Lipinski definition) is 1. The lowest BCUT2D eigenvalue weighted by atomic mass is 10.0. The smallest absolute Gasteiger partial charge is 0.296 e. The molecule has 15 heavy (non-hydrogen) atoms. The topological polar surface area (TPSA) is 46.2 Å². The summed E-state index contributed by atoms with van der Waals surface area (Å²) in [7, 11) is 0. The first kappa shape index (κ1) is 12.2. The zero-order valence-corrected chi connectivity index (χ0v) is 10.7. The Bertz CT molecular complexity index is 415. The molecule has 1 N–H and O–H groups in total. The van der Waals surface area contributed by atoms with Crippen LogP contribution in [0.3, 0.4) is 0 Å². The number of amides is 1. The second-order valence-corrected chi connectivity index (χ2v) is 3.37. The molecule has 1 amide bonds. The van der Waals surface area contributed by atoms with E-state index in [-0.39, 0.29) is 24.0 Å². The van der Waals surface area contributed by atoms with Crippen LogP contribution in [0.2, 0.25) is 0 Å². The van der Waals surface area contributed by atoms with Gasteiger partial charge in [0, 0.05) is 0 Å². The number of anilines is 1. The highest BCUT2D eigenvalue weighted by Gasteiger charge is 2.29. The number of benzene rings is 1. The maximum Gasteiger partial charge on any atom is 0.296 e. The predicted molar refractivity (Wildman–Crippen MR) is 68.8 cm³/mol. The summed E-state index contributed by atoms with van der Waals surface area (Å²) >= 11 is 0. The van der Waals surface area contributed by atoms with E-state index in [1.165, 1.54) is 0 Å². The minimum atomic E-state index is -0.511. The summed E-state index contributed by atoms with van der Waals surface area (Å²) < 4.78 is 0. The third kappa shape index (κ3) is 2.04. The number of nitrogens with one attached hydrogen (secondary N) is 1. The van der Waals surface area contributed by atoms with Gasteiger partial charge in [0.15, 0.2) is 0 Å². The standard InChI is InChI=1S/C11H11NO2.HI/c1-2-4-7-5-3-6-8-9(7)10(13)11(14)12-8;/h3,5-6H,2,4H2,1H3,(H,12,13,14);1H. The molecule has 4 heteroatoms. The zero-order chi connectivity index (χ0) is 10.1. The molecule has 3 nitrogen and oxygen atoms in total. The Balaban J connectivity index is 0.00000112. The molecule has 0 radical (unpaired) electrons. The Morgan fingerprint density at radius 1 is 1.27 bits per heavy atom. The number of Topliss-reactive ketones (excluding diaryl/α,β-unsaturated/α-hetero) is 1. The van der Waals surface area contributed by atoms with E-state index in [1.54, 1.807) is 6.07 Å². The van der Waals surface area contributed by atoms with E-state index in [4.69, 9.17) is 0 Å². The molecular formula is C11H12INO2. The van der Waals surface area contributed by atoms with Gasteiger partial charge in [0.05, 0.1) is 11.3 Å². The molecule has 0 spiro atoms. The van der Waals surface area contributed by atoms with Gasteiger partial charge in [-0.1, -0.05) is 25.5 Å². The van der Waals surface area contributed by atoms with Gasteiger partial charge in [-0.05, 0) is 18.1 Å². The molecule has 1 aliphatic heterocycles. The van der Waals surface area contributed by atoms with E-state index in [2.05, 4.69) is 5.32 Å². The van der Waals surface area contributed by atoms with Gasteiger partial charge >= 0.3 is 0 Å². The van der Waals surface area contributed by atoms with Crippen molar-refractivity contribution in [3.63, 3.8) is 0 Å². The number of halogens is 1. The molecule has 1 aromatic carbocycles. The second-order valence-electron chi connectivity index (χ2n) is 3.37. The molecule has 80 valence electrons. The molecule has 0 atom stereocenters. The van der Waals surface area contributed by atoms with Crippen molar-refractivity contribution < 1.29 is 9.59 Å². The SMILES string of the molecule is CCCc1cccc2c1C(=O)C(=O)N2.I. The minimum Gasteiger partial charge on any atom is -0.318 e. The highest BCUT2D eigenvalue weighted by Crippen LogP contribution is 2.26. The molecule has 0 aliphatic carbocycles. The van der Waals surface area contributed by atoms with E-state index < -0.39 is 11.7 Å². The number of carbonyl (C=O) groups excluding carboxylic acids is 2. The monoisotopic (exact) mass is 317 g/mol. The van der Waals surface area contributed by atoms with Crippen LogP contribution in [0.4, 0.5) is 5.69 Å². The van der Waals surface area contributed by atoms with Gasteiger partial charge in [0.1, 0.15) is 0 Å². The van der Waals surface area contributed by atoms with Gasteiger partial charge in [0.2, 0.25) is 0 Å². The molecule has 0 unspecified atom stereocenters. The normalized spacial score (nSPS) is 13.1. The van der Waals surface area contributed by atoms with E-state index in [1.807, 2.05) is 19.1 Å². The van der Waals surface area contributed by atoms with Crippen LogP contribution in [0.25, 0.3) is 0 Å².